The molecular weight excluding hydrogens is 389 g/mol. The first-order valence-electron chi connectivity index (χ1n) is 8.10. The first-order chi connectivity index (χ1) is 10.6. The Balaban J connectivity index is 1.85. The van der Waals surface area contributed by atoms with Crippen molar-refractivity contribution < 1.29 is 9.15 Å². The summed E-state index contributed by atoms with van der Waals surface area (Å²) in [7, 11) is 0. The van der Waals surface area contributed by atoms with Gasteiger partial charge in [0, 0.05) is 39.7 Å². The maximum atomic E-state index is 6.36. The van der Waals surface area contributed by atoms with E-state index in [4.69, 9.17) is 9.15 Å². The molecule has 22 heavy (non-hydrogen) atoms. The Morgan fingerprint density at radius 1 is 1.23 bits per heavy atom. The zero-order valence-corrected chi connectivity index (χ0v) is 15.3. The highest BCUT2D eigenvalue weighted by atomic mass is 127. The first kappa shape index (κ1) is 15.0. The van der Waals surface area contributed by atoms with Gasteiger partial charge in [0.05, 0.1) is 6.04 Å². The summed E-state index contributed by atoms with van der Waals surface area (Å²) in [6.45, 7) is 7.37. The van der Waals surface area contributed by atoms with Gasteiger partial charge in [-0.2, -0.15) is 0 Å². The Bertz CT molecular complexity index is 700. The van der Waals surface area contributed by atoms with E-state index in [9.17, 15) is 0 Å². The molecule has 1 saturated heterocycles. The van der Waals surface area contributed by atoms with Gasteiger partial charge >= 0.3 is 0 Å². The van der Waals surface area contributed by atoms with Crippen LogP contribution in [-0.4, -0.2) is 19.8 Å². The van der Waals surface area contributed by atoms with Gasteiger partial charge in [0.2, 0.25) is 0 Å². The van der Waals surface area contributed by atoms with Gasteiger partial charge in [-0.3, -0.25) is 0 Å². The lowest BCUT2D eigenvalue weighted by Gasteiger charge is -2.39. The lowest BCUT2D eigenvalue weighted by Crippen LogP contribution is -2.44. The molecule has 4 rings (SSSR count). The van der Waals surface area contributed by atoms with Crippen LogP contribution in [0.25, 0.3) is 11.0 Å². The van der Waals surface area contributed by atoms with E-state index in [1.807, 2.05) is 0 Å². The highest BCUT2D eigenvalue weighted by Crippen LogP contribution is 2.45. The van der Waals surface area contributed by atoms with Crippen LogP contribution in [0.15, 0.2) is 22.6 Å². The molecule has 1 aromatic carbocycles. The van der Waals surface area contributed by atoms with Crippen molar-refractivity contribution in [3.63, 3.8) is 0 Å². The largest absolute Gasteiger partial charge is 0.459 e. The van der Waals surface area contributed by atoms with Gasteiger partial charge in [0.15, 0.2) is 0 Å². The summed E-state index contributed by atoms with van der Waals surface area (Å²) in [5, 5.41) is 5.05. The van der Waals surface area contributed by atoms with E-state index in [0.29, 0.717) is 12.0 Å². The summed E-state index contributed by atoms with van der Waals surface area (Å²) in [5.74, 6) is 1.78. The molecule has 0 radical (unpaired) electrons. The monoisotopic (exact) mass is 411 g/mol. The van der Waals surface area contributed by atoms with Crippen LogP contribution in [0.1, 0.15) is 44.1 Å². The third-order valence-corrected chi connectivity index (χ3v) is 5.81. The van der Waals surface area contributed by atoms with Crippen LogP contribution < -0.4 is 5.32 Å². The Labute approximate surface area is 144 Å². The van der Waals surface area contributed by atoms with E-state index < -0.39 is 0 Å². The van der Waals surface area contributed by atoms with Gasteiger partial charge in [0.25, 0.3) is 0 Å². The van der Waals surface area contributed by atoms with Gasteiger partial charge in [-0.15, -0.1) is 0 Å². The lowest BCUT2D eigenvalue weighted by molar-refractivity contribution is 0.0479. The zero-order chi connectivity index (χ0) is 15.3. The average Bonchev–Trinajstić information content (AvgIpc) is 2.87. The maximum Gasteiger partial charge on any atom is 0.135 e. The molecule has 2 aromatic rings. The van der Waals surface area contributed by atoms with Crippen LogP contribution >= 0.6 is 22.6 Å². The van der Waals surface area contributed by atoms with Crippen LogP contribution in [0.4, 0.5) is 0 Å². The predicted octanol–water partition coefficient (Wildman–Crippen LogP) is 4.39. The van der Waals surface area contributed by atoms with Crippen molar-refractivity contribution in [1.29, 1.82) is 0 Å². The van der Waals surface area contributed by atoms with Crippen LogP contribution in [-0.2, 0) is 10.2 Å². The molecule has 0 bridgehead atoms. The number of hydrogen-bond acceptors (Lipinski definition) is 3. The number of nitrogens with one attached hydrogen (secondary N) is 1. The number of rotatable bonds is 1. The summed E-state index contributed by atoms with van der Waals surface area (Å²) in [6, 6.07) is 6.90. The molecule has 0 saturated carbocycles. The van der Waals surface area contributed by atoms with Gasteiger partial charge in [-0.1, -0.05) is 13.8 Å². The highest BCUT2D eigenvalue weighted by molar-refractivity contribution is 14.1. The number of ether oxygens (including phenoxy) is 1. The molecule has 3 nitrogen and oxygen atoms in total. The molecule has 0 spiro atoms. The number of halogens is 1. The summed E-state index contributed by atoms with van der Waals surface area (Å²) in [5.41, 5.74) is 2.55. The first-order valence-corrected chi connectivity index (χ1v) is 9.18. The minimum Gasteiger partial charge on any atom is -0.459 e. The summed E-state index contributed by atoms with van der Waals surface area (Å²) in [4.78, 5) is 0. The van der Waals surface area contributed by atoms with Crippen molar-refractivity contribution in [2.45, 2.75) is 38.1 Å². The van der Waals surface area contributed by atoms with Crippen LogP contribution in [0.2, 0.25) is 0 Å². The molecule has 1 fully saturated rings. The van der Waals surface area contributed by atoms with Crippen LogP contribution in [0.3, 0.4) is 0 Å². The third kappa shape index (κ3) is 2.39. The Hall–Kier alpha value is -0.590. The Kier molecular flexibility index (Phi) is 3.74. The van der Waals surface area contributed by atoms with Gasteiger partial charge in [-0.25, -0.2) is 0 Å². The zero-order valence-electron chi connectivity index (χ0n) is 13.1. The predicted molar refractivity (Wildman–Crippen MR) is 96.2 cm³/mol. The van der Waals surface area contributed by atoms with E-state index in [1.54, 1.807) is 0 Å². The molecule has 3 heterocycles. The minimum absolute atomic E-state index is 0.106. The summed E-state index contributed by atoms with van der Waals surface area (Å²) < 4.78 is 13.1. The summed E-state index contributed by atoms with van der Waals surface area (Å²) >= 11 is 2.35. The standard InChI is InChI=1S/C18H22INO2/c1-18(2)10-20-16(11-5-7-21-8-6-11)17-15(18)13-4-3-12(19)9-14(13)22-17/h3-4,9,11,16,20H,5-8,10H2,1-2H3. The number of benzene rings is 1. The topological polar surface area (TPSA) is 34.4 Å². The van der Waals surface area contributed by atoms with Crippen molar-refractivity contribution in [3.05, 3.63) is 33.1 Å². The van der Waals surface area contributed by atoms with Gasteiger partial charge in [0.1, 0.15) is 11.3 Å². The molecule has 4 heteroatoms. The second kappa shape index (κ2) is 5.49. The fourth-order valence-electron chi connectivity index (χ4n) is 3.98. The van der Waals surface area contributed by atoms with E-state index in [1.165, 1.54) is 20.3 Å². The van der Waals surface area contributed by atoms with Crippen molar-refractivity contribution in [2.75, 3.05) is 19.8 Å². The van der Waals surface area contributed by atoms with E-state index in [2.05, 4.69) is 60.0 Å². The number of hydrogen-bond donors (Lipinski definition) is 1. The average molecular weight is 411 g/mol. The second-order valence-corrected chi connectivity index (χ2v) is 8.42. The fourth-order valence-corrected chi connectivity index (χ4v) is 4.45. The normalized spacial score (nSPS) is 25.3. The molecule has 1 aromatic heterocycles. The lowest BCUT2D eigenvalue weighted by atomic mass is 9.75. The molecule has 1 atom stereocenters. The van der Waals surface area contributed by atoms with Crippen molar-refractivity contribution in [2.24, 2.45) is 5.92 Å². The molecular formula is C18H22INO2. The van der Waals surface area contributed by atoms with Crippen molar-refractivity contribution in [1.82, 2.24) is 5.32 Å². The van der Waals surface area contributed by atoms with E-state index in [-0.39, 0.29) is 5.41 Å². The van der Waals surface area contributed by atoms with E-state index >= 15 is 0 Å². The molecule has 2 aliphatic heterocycles. The molecule has 118 valence electrons. The van der Waals surface area contributed by atoms with Crippen LogP contribution in [0.5, 0.6) is 0 Å². The fraction of sp³-hybridized carbons (Fsp3) is 0.556. The number of fused-ring (bicyclic) bond motifs is 3. The Morgan fingerprint density at radius 3 is 2.77 bits per heavy atom. The smallest absolute Gasteiger partial charge is 0.135 e. The maximum absolute atomic E-state index is 6.36. The quantitative estimate of drug-likeness (QED) is 0.708. The molecule has 0 amide bonds. The molecule has 1 unspecified atom stereocenters. The number of furan rings is 1. The molecule has 0 aliphatic carbocycles. The van der Waals surface area contributed by atoms with Gasteiger partial charge in [-0.05, 0) is 59.5 Å². The summed E-state index contributed by atoms with van der Waals surface area (Å²) in [6.07, 6.45) is 2.23. The SMILES string of the molecule is CC1(C)CNC(C2CCOCC2)c2oc3cc(I)ccc3c21. The van der Waals surface area contributed by atoms with Crippen molar-refractivity contribution >= 4 is 33.6 Å². The third-order valence-electron chi connectivity index (χ3n) is 5.14. The van der Waals surface area contributed by atoms with Crippen LogP contribution in [0, 0.1) is 9.49 Å². The van der Waals surface area contributed by atoms with Gasteiger partial charge < -0.3 is 14.5 Å². The highest BCUT2D eigenvalue weighted by Gasteiger charge is 2.40. The second-order valence-electron chi connectivity index (χ2n) is 7.17. The minimum atomic E-state index is 0.106. The molecule has 2 aliphatic rings. The van der Waals surface area contributed by atoms with Crippen molar-refractivity contribution in [3.8, 4) is 0 Å². The van der Waals surface area contributed by atoms with E-state index in [0.717, 1.165) is 38.2 Å². The Morgan fingerprint density at radius 2 is 2.00 bits per heavy atom. The molecule has 1 N–H and O–H groups in total.